The number of non-ortho nitro benzene ring substituents is 1. The fourth-order valence-electron chi connectivity index (χ4n) is 2.43. The lowest BCUT2D eigenvalue weighted by Crippen LogP contribution is -1.99. The average molecular weight is 414 g/mol. The third-order valence-electron chi connectivity index (χ3n) is 3.82. The van der Waals surface area contributed by atoms with Gasteiger partial charge in [0.1, 0.15) is 35.7 Å². The summed E-state index contributed by atoms with van der Waals surface area (Å²) in [4.78, 5) is 17.5. The van der Waals surface area contributed by atoms with Crippen LogP contribution in [-0.2, 0) is 0 Å². The second-order valence-corrected chi connectivity index (χ2v) is 6.08. The van der Waals surface area contributed by atoms with Crippen LogP contribution in [0.4, 0.5) is 20.2 Å². The van der Waals surface area contributed by atoms with E-state index in [-0.39, 0.29) is 11.4 Å². The van der Waals surface area contributed by atoms with Crippen LogP contribution in [0.3, 0.4) is 0 Å². The maximum Gasteiger partial charge on any atom is 0.272 e. The summed E-state index contributed by atoms with van der Waals surface area (Å²) >= 11 is 0. The topological polar surface area (TPSA) is 131 Å². The summed E-state index contributed by atoms with van der Waals surface area (Å²) in [7, 11) is 0. The van der Waals surface area contributed by atoms with Crippen LogP contribution in [0.15, 0.2) is 49.1 Å². The van der Waals surface area contributed by atoms with E-state index in [4.69, 9.17) is 5.73 Å². The van der Waals surface area contributed by atoms with Gasteiger partial charge in [0.05, 0.1) is 11.0 Å². The Hall–Kier alpha value is -4.22. The first kappa shape index (κ1) is 20.5. The Morgan fingerprint density at radius 2 is 1.40 bits per heavy atom. The molecule has 4 aromatic rings. The van der Waals surface area contributed by atoms with E-state index in [1.165, 1.54) is 40.2 Å². The Balaban J connectivity index is 0.000000172. The Bertz CT molecular complexity index is 1200. The van der Waals surface area contributed by atoms with Crippen molar-refractivity contribution in [3.63, 3.8) is 0 Å². The van der Waals surface area contributed by atoms with Crippen molar-refractivity contribution in [3.8, 4) is 11.4 Å². The molecular formula is C18H16F2N8O2. The molecule has 0 aliphatic carbocycles. The maximum atomic E-state index is 13.5. The number of nitrogen functional groups attached to an aromatic ring is 1. The molecular weight excluding hydrogens is 398 g/mol. The number of hydrogen-bond acceptors (Lipinski definition) is 7. The van der Waals surface area contributed by atoms with Gasteiger partial charge in [0.2, 0.25) is 0 Å². The Morgan fingerprint density at radius 1 is 0.900 bits per heavy atom. The minimum atomic E-state index is -0.709. The van der Waals surface area contributed by atoms with E-state index in [1.807, 2.05) is 0 Å². The summed E-state index contributed by atoms with van der Waals surface area (Å²) in [5.41, 5.74) is 6.00. The van der Waals surface area contributed by atoms with Crippen LogP contribution in [0.2, 0.25) is 0 Å². The molecule has 10 nitrogen and oxygen atoms in total. The molecule has 0 saturated heterocycles. The number of anilines is 1. The molecule has 0 aliphatic rings. The molecule has 0 spiro atoms. The summed E-state index contributed by atoms with van der Waals surface area (Å²) in [5.74, 6) is -0.0204. The molecule has 2 aromatic carbocycles. The first-order valence-corrected chi connectivity index (χ1v) is 8.51. The van der Waals surface area contributed by atoms with Crippen molar-refractivity contribution >= 4 is 11.4 Å². The average Bonchev–Trinajstić information content (AvgIpc) is 3.30. The SMILES string of the molecule is Cc1ncn(-c2ccc(N)cc2F)n1.Cc1ncn(-c2ccc([N+](=O)[O-])cc2F)n1. The zero-order valence-corrected chi connectivity index (χ0v) is 15.9. The number of nitro benzene ring substituents is 1. The van der Waals surface area contributed by atoms with E-state index in [0.717, 1.165) is 6.07 Å². The number of benzene rings is 2. The molecule has 0 aliphatic heterocycles. The monoisotopic (exact) mass is 414 g/mol. The molecule has 0 fully saturated rings. The molecule has 0 amide bonds. The van der Waals surface area contributed by atoms with Gasteiger partial charge in [-0.05, 0) is 38.1 Å². The van der Waals surface area contributed by atoms with Crippen LogP contribution in [0, 0.1) is 35.6 Å². The van der Waals surface area contributed by atoms with Crippen molar-refractivity contribution in [3.05, 3.63) is 82.5 Å². The van der Waals surface area contributed by atoms with Gasteiger partial charge in [0.15, 0.2) is 11.6 Å². The lowest BCUT2D eigenvalue weighted by molar-refractivity contribution is -0.385. The van der Waals surface area contributed by atoms with Gasteiger partial charge in [-0.2, -0.15) is 10.2 Å². The fourth-order valence-corrected chi connectivity index (χ4v) is 2.43. The highest BCUT2D eigenvalue weighted by Gasteiger charge is 2.12. The van der Waals surface area contributed by atoms with Crippen LogP contribution in [0.1, 0.15) is 11.6 Å². The normalized spacial score (nSPS) is 10.4. The predicted molar refractivity (Wildman–Crippen MR) is 103 cm³/mol. The third kappa shape index (κ3) is 4.60. The fraction of sp³-hybridized carbons (Fsp3) is 0.111. The highest BCUT2D eigenvalue weighted by atomic mass is 19.1. The summed E-state index contributed by atoms with van der Waals surface area (Å²) < 4.78 is 29.5. The summed E-state index contributed by atoms with van der Waals surface area (Å²) in [6, 6.07) is 7.81. The number of hydrogen-bond donors (Lipinski definition) is 1. The number of nitrogens with two attached hydrogens (primary N) is 1. The molecule has 0 radical (unpaired) electrons. The molecule has 0 bridgehead atoms. The summed E-state index contributed by atoms with van der Waals surface area (Å²) in [5, 5.41) is 18.3. The van der Waals surface area contributed by atoms with Gasteiger partial charge in [-0.1, -0.05) is 0 Å². The first-order valence-electron chi connectivity index (χ1n) is 8.51. The van der Waals surface area contributed by atoms with Gasteiger partial charge >= 0.3 is 0 Å². The van der Waals surface area contributed by atoms with Crippen molar-refractivity contribution in [1.29, 1.82) is 0 Å². The molecule has 0 saturated carbocycles. The molecule has 30 heavy (non-hydrogen) atoms. The van der Waals surface area contributed by atoms with E-state index >= 15 is 0 Å². The van der Waals surface area contributed by atoms with E-state index in [0.29, 0.717) is 23.0 Å². The summed E-state index contributed by atoms with van der Waals surface area (Å²) in [6.07, 6.45) is 2.81. The van der Waals surface area contributed by atoms with Crippen molar-refractivity contribution in [2.45, 2.75) is 13.8 Å². The standard InChI is InChI=1S/C9H7FN4O2.C9H9FN4/c1-6-11-5-13(12-6)9-3-2-7(14(15)16)4-8(9)10;1-6-12-5-14(13-6)9-3-2-7(11)4-8(9)10/h2-5H,1H3;2-5H,11H2,1H3. The second kappa shape index (κ2) is 8.43. The van der Waals surface area contributed by atoms with E-state index in [2.05, 4.69) is 20.2 Å². The van der Waals surface area contributed by atoms with E-state index in [9.17, 15) is 18.9 Å². The van der Waals surface area contributed by atoms with Crippen molar-refractivity contribution in [2.24, 2.45) is 0 Å². The highest BCUT2D eigenvalue weighted by molar-refractivity contribution is 5.45. The van der Waals surface area contributed by atoms with Gasteiger partial charge in [0.25, 0.3) is 5.69 Å². The molecule has 154 valence electrons. The Morgan fingerprint density at radius 3 is 1.80 bits per heavy atom. The van der Waals surface area contributed by atoms with Gasteiger partial charge in [-0.3, -0.25) is 10.1 Å². The number of aromatic nitrogens is 6. The lowest BCUT2D eigenvalue weighted by Gasteiger charge is -2.02. The van der Waals surface area contributed by atoms with Crippen LogP contribution in [0.25, 0.3) is 11.4 Å². The van der Waals surface area contributed by atoms with E-state index < -0.39 is 16.6 Å². The number of aryl methyl sites for hydroxylation is 2. The molecule has 4 rings (SSSR count). The van der Waals surface area contributed by atoms with Crippen molar-refractivity contribution < 1.29 is 13.7 Å². The van der Waals surface area contributed by atoms with Gasteiger partial charge < -0.3 is 5.73 Å². The van der Waals surface area contributed by atoms with Crippen LogP contribution < -0.4 is 5.73 Å². The summed E-state index contributed by atoms with van der Waals surface area (Å²) in [6.45, 7) is 3.41. The molecule has 2 heterocycles. The number of nitro groups is 1. The number of rotatable bonds is 3. The zero-order valence-electron chi connectivity index (χ0n) is 15.9. The molecule has 0 atom stereocenters. The molecule has 2 aromatic heterocycles. The highest BCUT2D eigenvalue weighted by Crippen LogP contribution is 2.19. The number of nitrogens with zero attached hydrogens (tertiary/aromatic N) is 7. The van der Waals surface area contributed by atoms with Gasteiger partial charge in [0, 0.05) is 11.8 Å². The Kier molecular flexibility index (Phi) is 5.76. The minimum Gasteiger partial charge on any atom is -0.399 e. The molecule has 0 unspecified atom stereocenters. The zero-order chi connectivity index (χ0) is 21.8. The lowest BCUT2D eigenvalue weighted by atomic mass is 10.3. The smallest absolute Gasteiger partial charge is 0.272 e. The largest absolute Gasteiger partial charge is 0.399 e. The Labute approximate surface area is 168 Å². The van der Waals surface area contributed by atoms with Crippen molar-refractivity contribution in [2.75, 3.05) is 5.73 Å². The maximum absolute atomic E-state index is 13.5. The van der Waals surface area contributed by atoms with Gasteiger partial charge in [-0.25, -0.2) is 28.1 Å². The van der Waals surface area contributed by atoms with Gasteiger partial charge in [-0.15, -0.1) is 0 Å². The van der Waals surface area contributed by atoms with E-state index in [1.54, 1.807) is 26.0 Å². The third-order valence-corrected chi connectivity index (χ3v) is 3.82. The van der Waals surface area contributed by atoms with Crippen LogP contribution in [0.5, 0.6) is 0 Å². The van der Waals surface area contributed by atoms with Crippen LogP contribution >= 0.6 is 0 Å². The predicted octanol–water partition coefficient (Wildman–Crippen LogP) is 2.92. The van der Waals surface area contributed by atoms with Crippen molar-refractivity contribution in [1.82, 2.24) is 29.5 Å². The first-order chi connectivity index (χ1) is 14.2. The molecule has 12 heteroatoms. The minimum absolute atomic E-state index is 0.131. The second-order valence-electron chi connectivity index (χ2n) is 6.08. The number of halogens is 2. The molecule has 2 N–H and O–H groups in total. The quantitative estimate of drug-likeness (QED) is 0.310. The van der Waals surface area contributed by atoms with Crippen LogP contribution in [-0.4, -0.2) is 34.5 Å².